The lowest BCUT2D eigenvalue weighted by molar-refractivity contribution is -0.113. The quantitative estimate of drug-likeness (QED) is 0.527. The average molecular weight is 456 g/mol. The first-order chi connectivity index (χ1) is 6.52. The molecule has 14 heavy (non-hydrogen) atoms. The minimum atomic E-state index is -0.139. The molecule has 0 heterocycles. The Bertz CT molecular complexity index is 357. The van der Waals surface area contributed by atoms with E-state index in [1.165, 1.54) is 0 Å². The van der Waals surface area contributed by atoms with Crippen molar-refractivity contribution in [3.8, 4) is 0 Å². The maximum Gasteiger partial charge on any atom is 0.247 e. The molecule has 0 spiro atoms. The third-order valence-corrected chi connectivity index (χ3v) is 3.36. The fraction of sp³-hybridized carbons (Fsp3) is 0.125. The largest absolute Gasteiger partial charge is 0.323 e. The van der Waals surface area contributed by atoms with E-state index in [2.05, 4.69) is 5.32 Å². The Morgan fingerprint density at radius 3 is 2.57 bits per heavy atom. The van der Waals surface area contributed by atoms with Gasteiger partial charge in [0.15, 0.2) is 0 Å². The second-order valence-corrected chi connectivity index (χ2v) is 8.05. The smallest absolute Gasteiger partial charge is 0.247 e. The molecule has 1 rings (SSSR count). The number of carbonyl (C=O) groups is 1. The number of anilines is 1. The summed E-state index contributed by atoms with van der Waals surface area (Å²) in [6.45, 7) is 0. The maximum atomic E-state index is 11.3. The number of alkyl halides is 2. The predicted octanol–water partition coefficient (Wildman–Crippen LogP) is 4.13. The summed E-state index contributed by atoms with van der Waals surface area (Å²) in [5, 5.41) is 3.48. The summed E-state index contributed by atoms with van der Waals surface area (Å²) < 4.78 is -0.139. The van der Waals surface area contributed by atoms with Gasteiger partial charge in [0.05, 0.1) is 15.7 Å². The van der Waals surface area contributed by atoms with Crippen LogP contribution in [-0.4, -0.2) is 7.84 Å². The summed E-state index contributed by atoms with van der Waals surface area (Å²) in [7, 11) is 0. The molecule has 0 saturated heterocycles. The van der Waals surface area contributed by atoms with E-state index in [9.17, 15) is 4.79 Å². The van der Waals surface area contributed by atoms with Crippen LogP contribution in [0.5, 0.6) is 0 Å². The lowest BCUT2D eigenvalue weighted by Gasteiger charge is -2.08. The molecule has 0 aliphatic rings. The fourth-order valence-electron chi connectivity index (χ4n) is 0.788. The van der Waals surface area contributed by atoms with Crippen LogP contribution in [0, 0.1) is 0 Å². The second kappa shape index (κ2) is 5.72. The molecule has 1 aromatic rings. The molecular weight excluding hydrogens is 451 g/mol. The lowest BCUT2D eigenvalue weighted by Crippen LogP contribution is -2.17. The zero-order valence-corrected chi connectivity index (χ0v) is 12.6. The molecule has 1 amide bonds. The minimum Gasteiger partial charge on any atom is -0.323 e. The third kappa shape index (κ3) is 3.39. The van der Waals surface area contributed by atoms with Gasteiger partial charge in [0.2, 0.25) is 5.91 Å². The summed E-state index contributed by atoms with van der Waals surface area (Å²) in [4.78, 5) is 11.3. The topological polar surface area (TPSA) is 29.1 Å². The Balaban J connectivity index is 2.87. The molecule has 0 aromatic heterocycles. The molecule has 0 bridgehead atoms. The molecule has 6 heteroatoms. The Labute approximate surface area is 119 Å². The second-order valence-electron chi connectivity index (χ2n) is 2.39. The van der Waals surface area contributed by atoms with Gasteiger partial charge in [-0.3, -0.25) is 4.79 Å². The third-order valence-electron chi connectivity index (χ3n) is 1.41. The van der Waals surface area contributed by atoms with Gasteiger partial charge in [-0.1, -0.05) is 74.4 Å². The minimum absolute atomic E-state index is 0.102. The van der Waals surface area contributed by atoms with Crippen molar-refractivity contribution in [1.82, 2.24) is 0 Å². The summed E-state index contributed by atoms with van der Waals surface area (Å²) >= 11 is 15.7. The Hall–Kier alpha value is 0.730. The highest BCUT2D eigenvalue weighted by molar-refractivity contribution is 14.2. The summed E-state index contributed by atoms with van der Waals surface area (Å²) in [6, 6.07) is 5.12. The highest BCUT2D eigenvalue weighted by atomic mass is 127. The zero-order valence-electron chi connectivity index (χ0n) is 6.73. The Morgan fingerprint density at radius 2 is 2.00 bits per heavy atom. The van der Waals surface area contributed by atoms with Crippen LogP contribution in [0.15, 0.2) is 18.2 Å². The number of benzene rings is 1. The number of amides is 1. The number of rotatable bonds is 2. The van der Waals surface area contributed by atoms with Crippen LogP contribution in [0.3, 0.4) is 0 Å². The number of halogens is 4. The standard InChI is InChI=1S/C8H5Cl2I2NO/c9-4-2-1-3-5(6(4)10)13-8(14)7(11)12/h1-3,7H,(H,13,14). The van der Waals surface area contributed by atoms with Crippen LogP contribution >= 0.6 is 68.4 Å². The van der Waals surface area contributed by atoms with Gasteiger partial charge in [-0.25, -0.2) is 0 Å². The van der Waals surface area contributed by atoms with Crippen LogP contribution in [-0.2, 0) is 4.79 Å². The van der Waals surface area contributed by atoms with Crippen molar-refractivity contribution in [2.75, 3.05) is 5.32 Å². The summed E-state index contributed by atoms with van der Waals surface area (Å²) in [6.07, 6.45) is 0. The molecule has 0 saturated carbocycles. The van der Waals surface area contributed by atoms with Gasteiger partial charge in [-0.2, -0.15) is 0 Å². The summed E-state index contributed by atoms with van der Waals surface area (Å²) in [5.41, 5.74) is 0.544. The van der Waals surface area contributed by atoms with Crippen LogP contribution in [0.25, 0.3) is 0 Å². The predicted molar refractivity (Wildman–Crippen MR) is 76.9 cm³/mol. The van der Waals surface area contributed by atoms with Crippen molar-refractivity contribution < 1.29 is 4.79 Å². The molecule has 0 atom stereocenters. The van der Waals surface area contributed by atoms with Gasteiger partial charge in [0, 0.05) is 0 Å². The van der Waals surface area contributed by atoms with Crippen LogP contribution < -0.4 is 5.32 Å². The first-order valence-corrected chi connectivity index (χ1v) is 6.80. The molecule has 0 radical (unpaired) electrons. The maximum absolute atomic E-state index is 11.3. The van der Waals surface area contributed by atoms with Gasteiger partial charge in [-0.15, -0.1) is 0 Å². The SMILES string of the molecule is O=C(Nc1cccc(Cl)c1Cl)C(I)I. The van der Waals surface area contributed by atoms with E-state index >= 15 is 0 Å². The number of carbonyl (C=O) groups excluding carboxylic acids is 1. The van der Waals surface area contributed by atoms with Crippen molar-refractivity contribution >= 4 is 80.0 Å². The Morgan fingerprint density at radius 1 is 1.36 bits per heavy atom. The van der Waals surface area contributed by atoms with Gasteiger partial charge < -0.3 is 5.32 Å². The van der Waals surface area contributed by atoms with Crippen molar-refractivity contribution in [1.29, 1.82) is 0 Å². The van der Waals surface area contributed by atoms with Crippen molar-refractivity contribution in [2.45, 2.75) is 1.93 Å². The number of hydrogen-bond donors (Lipinski definition) is 1. The van der Waals surface area contributed by atoms with Crippen LogP contribution in [0.4, 0.5) is 5.69 Å². The highest BCUT2D eigenvalue weighted by Crippen LogP contribution is 2.30. The monoisotopic (exact) mass is 455 g/mol. The van der Waals surface area contributed by atoms with Gasteiger partial charge in [-0.05, 0) is 12.1 Å². The van der Waals surface area contributed by atoms with Crippen molar-refractivity contribution in [3.05, 3.63) is 28.2 Å². The van der Waals surface area contributed by atoms with E-state index in [1.807, 2.05) is 45.2 Å². The van der Waals surface area contributed by atoms with Crippen LogP contribution in [0.1, 0.15) is 0 Å². The van der Waals surface area contributed by atoms with Crippen LogP contribution in [0.2, 0.25) is 10.0 Å². The Kier molecular flexibility index (Phi) is 5.22. The highest BCUT2D eigenvalue weighted by Gasteiger charge is 2.12. The molecule has 1 N–H and O–H groups in total. The molecule has 76 valence electrons. The van der Waals surface area contributed by atoms with E-state index < -0.39 is 0 Å². The van der Waals surface area contributed by atoms with Crippen molar-refractivity contribution in [2.24, 2.45) is 0 Å². The average Bonchev–Trinajstić information content (AvgIpc) is 2.12. The normalized spacial score (nSPS) is 10.4. The first-order valence-electron chi connectivity index (χ1n) is 3.55. The summed E-state index contributed by atoms with van der Waals surface area (Å²) in [5.74, 6) is -0.102. The molecule has 0 aliphatic heterocycles. The van der Waals surface area contributed by atoms with Gasteiger partial charge in [0.25, 0.3) is 0 Å². The van der Waals surface area contributed by atoms with E-state index in [4.69, 9.17) is 23.2 Å². The van der Waals surface area contributed by atoms with E-state index in [0.717, 1.165) is 0 Å². The van der Waals surface area contributed by atoms with E-state index in [-0.39, 0.29) is 7.84 Å². The van der Waals surface area contributed by atoms with Gasteiger partial charge >= 0.3 is 0 Å². The van der Waals surface area contributed by atoms with Crippen molar-refractivity contribution in [3.63, 3.8) is 0 Å². The number of nitrogens with one attached hydrogen (secondary N) is 1. The van der Waals surface area contributed by atoms with E-state index in [1.54, 1.807) is 18.2 Å². The molecule has 0 unspecified atom stereocenters. The molecule has 2 nitrogen and oxygen atoms in total. The molecule has 0 fully saturated rings. The number of hydrogen-bond acceptors (Lipinski definition) is 1. The molecule has 0 aliphatic carbocycles. The first kappa shape index (κ1) is 12.8. The molecular formula is C8H5Cl2I2NO. The van der Waals surface area contributed by atoms with E-state index in [0.29, 0.717) is 15.7 Å². The van der Waals surface area contributed by atoms with Gasteiger partial charge in [0.1, 0.15) is 1.93 Å². The zero-order chi connectivity index (χ0) is 10.7. The lowest BCUT2D eigenvalue weighted by atomic mass is 10.3. The fourth-order valence-corrected chi connectivity index (χ4v) is 1.45. The molecule has 1 aromatic carbocycles.